The van der Waals surface area contributed by atoms with Gasteiger partial charge in [-0.3, -0.25) is 4.79 Å². The molecule has 2 aromatic carbocycles. The van der Waals surface area contributed by atoms with Crippen molar-refractivity contribution in [3.63, 3.8) is 0 Å². The van der Waals surface area contributed by atoms with Crippen LogP contribution in [0.1, 0.15) is 12.0 Å². The van der Waals surface area contributed by atoms with E-state index >= 15 is 0 Å². The SMILES string of the molecule is NC(Cc1ccccc1)C(=O)NC1CCN(c2ccccc2OC(F)F)C1. The molecular weight excluding hydrogens is 352 g/mol. The molecular formula is C20H23F2N3O2. The second kappa shape index (κ2) is 8.81. The molecule has 2 atom stereocenters. The summed E-state index contributed by atoms with van der Waals surface area (Å²) in [6.45, 7) is -1.71. The molecule has 1 amide bonds. The fourth-order valence-corrected chi connectivity index (χ4v) is 3.28. The van der Waals surface area contributed by atoms with Crippen molar-refractivity contribution in [3.8, 4) is 5.75 Å². The number of anilines is 1. The standard InChI is InChI=1S/C20H23F2N3O2/c21-20(22)27-18-9-5-4-8-17(18)25-11-10-15(13-25)24-19(26)16(23)12-14-6-2-1-3-7-14/h1-9,15-16,20H,10-13,23H2,(H,24,26). The van der Waals surface area contributed by atoms with Crippen LogP contribution in [0.2, 0.25) is 0 Å². The second-order valence-electron chi connectivity index (χ2n) is 6.58. The Balaban J connectivity index is 1.56. The van der Waals surface area contributed by atoms with E-state index in [1.165, 1.54) is 6.07 Å². The summed E-state index contributed by atoms with van der Waals surface area (Å²) in [6, 6.07) is 15.6. The van der Waals surface area contributed by atoms with Crippen molar-refractivity contribution in [2.24, 2.45) is 5.73 Å². The summed E-state index contributed by atoms with van der Waals surface area (Å²) in [6.07, 6.45) is 1.18. The van der Waals surface area contributed by atoms with Gasteiger partial charge in [-0.1, -0.05) is 42.5 Å². The van der Waals surface area contributed by atoms with Gasteiger partial charge in [-0.05, 0) is 30.5 Å². The van der Waals surface area contributed by atoms with Gasteiger partial charge in [0.2, 0.25) is 5.91 Å². The molecule has 0 spiro atoms. The van der Waals surface area contributed by atoms with Crippen LogP contribution in [0.3, 0.4) is 0 Å². The molecule has 0 aromatic heterocycles. The molecule has 1 saturated heterocycles. The van der Waals surface area contributed by atoms with Crippen molar-refractivity contribution in [3.05, 3.63) is 60.2 Å². The molecule has 3 rings (SSSR count). The molecule has 5 nitrogen and oxygen atoms in total. The van der Waals surface area contributed by atoms with Gasteiger partial charge in [0.25, 0.3) is 0 Å². The van der Waals surface area contributed by atoms with Gasteiger partial charge < -0.3 is 20.7 Å². The zero-order chi connectivity index (χ0) is 19.2. The summed E-state index contributed by atoms with van der Waals surface area (Å²) < 4.78 is 29.8. The first-order valence-corrected chi connectivity index (χ1v) is 8.91. The fourth-order valence-electron chi connectivity index (χ4n) is 3.28. The predicted molar refractivity (Wildman–Crippen MR) is 100.0 cm³/mol. The van der Waals surface area contributed by atoms with Crippen LogP contribution >= 0.6 is 0 Å². The van der Waals surface area contributed by atoms with Gasteiger partial charge in [0.1, 0.15) is 5.75 Å². The minimum absolute atomic E-state index is 0.0843. The Bertz CT molecular complexity index is 758. The van der Waals surface area contributed by atoms with Gasteiger partial charge in [0, 0.05) is 19.1 Å². The Hall–Kier alpha value is -2.67. The number of ether oxygens (including phenoxy) is 1. The van der Waals surface area contributed by atoms with Gasteiger partial charge in [0.05, 0.1) is 11.7 Å². The van der Waals surface area contributed by atoms with E-state index < -0.39 is 12.7 Å². The number of carbonyl (C=O) groups is 1. The molecule has 1 fully saturated rings. The number of nitrogens with two attached hydrogens (primary N) is 1. The van der Waals surface area contributed by atoms with Crippen molar-refractivity contribution >= 4 is 11.6 Å². The van der Waals surface area contributed by atoms with E-state index in [9.17, 15) is 13.6 Å². The van der Waals surface area contributed by atoms with Gasteiger partial charge in [-0.25, -0.2) is 0 Å². The number of nitrogens with zero attached hydrogens (tertiary/aromatic N) is 1. The van der Waals surface area contributed by atoms with E-state index in [1.807, 2.05) is 35.2 Å². The van der Waals surface area contributed by atoms with Gasteiger partial charge in [0.15, 0.2) is 0 Å². The highest BCUT2D eigenvalue weighted by Crippen LogP contribution is 2.31. The smallest absolute Gasteiger partial charge is 0.387 e. The maximum Gasteiger partial charge on any atom is 0.387 e. The average molecular weight is 375 g/mol. The van der Waals surface area contributed by atoms with E-state index in [2.05, 4.69) is 10.1 Å². The lowest BCUT2D eigenvalue weighted by Gasteiger charge is -2.22. The number of benzene rings is 2. The van der Waals surface area contributed by atoms with Crippen LogP contribution in [0.15, 0.2) is 54.6 Å². The molecule has 1 heterocycles. The van der Waals surface area contributed by atoms with Crippen LogP contribution in [0.4, 0.5) is 14.5 Å². The van der Waals surface area contributed by atoms with Crippen LogP contribution in [-0.4, -0.2) is 37.7 Å². The van der Waals surface area contributed by atoms with Crippen LogP contribution in [0.25, 0.3) is 0 Å². The van der Waals surface area contributed by atoms with Gasteiger partial charge in [-0.15, -0.1) is 0 Å². The number of para-hydroxylation sites is 2. The van der Waals surface area contributed by atoms with Crippen molar-refractivity contribution in [1.29, 1.82) is 0 Å². The molecule has 27 heavy (non-hydrogen) atoms. The van der Waals surface area contributed by atoms with Crippen molar-refractivity contribution in [2.45, 2.75) is 31.5 Å². The van der Waals surface area contributed by atoms with Crippen LogP contribution in [0, 0.1) is 0 Å². The summed E-state index contributed by atoms with van der Waals surface area (Å²) in [4.78, 5) is 14.3. The van der Waals surface area contributed by atoms with E-state index in [4.69, 9.17) is 5.73 Å². The van der Waals surface area contributed by atoms with Crippen molar-refractivity contribution < 1.29 is 18.3 Å². The van der Waals surface area contributed by atoms with E-state index in [0.717, 1.165) is 5.56 Å². The maximum atomic E-state index is 12.6. The normalized spacial score (nSPS) is 17.8. The van der Waals surface area contributed by atoms with Crippen molar-refractivity contribution in [1.82, 2.24) is 5.32 Å². The third-order valence-corrected chi connectivity index (χ3v) is 4.59. The number of alkyl halides is 2. The molecule has 3 N–H and O–H groups in total. The number of carbonyl (C=O) groups excluding carboxylic acids is 1. The van der Waals surface area contributed by atoms with Gasteiger partial charge >= 0.3 is 6.61 Å². The molecule has 2 aromatic rings. The Morgan fingerprint density at radius 3 is 2.63 bits per heavy atom. The maximum absolute atomic E-state index is 12.6. The largest absolute Gasteiger partial charge is 0.433 e. The molecule has 0 saturated carbocycles. The van der Waals surface area contributed by atoms with E-state index in [-0.39, 0.29) is 17.7 Å². The van der Waals surface area contributed by atoms with Crippen LogP contribution in [0.5, 0.6) is 5.75 Å². The molecule has 1 aliphatic heterocycles. The Labute approximate surface area is 157 Å². The Morgan fingerprint density at radius 2 is 1.89 bits per heavy atom. The lowest BCUT2D eigenvalue weighted by Crippen LogP contribution is -2.47. The first-order valence-electron chi connectivity index (χ1n) is 8.91. The Morgan fingerprint density at radius 1 is 1.19 bits per heavy atom. The zero-order valence-electron chi connectivity index (χ0n) is 14.9. The number of rotatable bonds is 7. The summed E-state index contributed by atoms with van der Waals surface area (Å²) in [5, 5.41) is 2.96. The third kappa shape index (κ3) is 5.17. The lowest BCUT2D eigenvalue weighted by molar-refractivity contribution is -0.122. The summed E-state index contributed by atoms with van der Waals surface area (Å²) in [7, 11) is 0. The van der Waals surface area contributed by atoms with Crippen LogP contribution in [-0.2, 0) is 11.2 Å². The highest BCUT2D eigenvalue weighted by molar-refractivity contribution is 5.82. The summed E-state index contributed by atoms with van der Waals surface area (Å²) >= 11 is 0. The molecule has 2 unspecified atom stereocenters. The van der Waals surface area contributed by atoms with Crippen LogP contribution < -0.4 is 20.7 Å². The molecule has 7 heteroatoms. The zero-order valence-corrected chi connectivity index (χ0v) is 14.9. The van der Waals surface area contributed by atoms with E-state index in [0.29, 0.717) is 31.6 Å². The van der Waals surface area contributed by atoms with E-state index in [1.54, 1.807) is 18.2 Å². The number of amides is 1. The first kappa shape index (κ1) is 19.1. The van der Waals surface area contributed by atoms with Crippen molar-refractivity contribution in [2.75, 3.05) is 18.0 Å². The molecule has 0 aliphatic carbocycles. The fraction of sp³-hybridized carbons (Fsp3) is 0.350. The molecule has 0 bridgehead atoms. The second-order valence-corrected chi connectivity index (χ2v) is 6.58. The highest BCUT2D eigenvalue weighted by atomic mass is 19.3. The minimum atomic E-state index is -2.87. The third-order valence-electron chi connectivity index (χ3n) is 4.59. The minimum Gasteiger partial charge on any atom is -0.433 e. The molecule has 1 aliphatic rings. The Kier molecular flexibility index (Phi) is 6.24. The first-order chi connectivity index (χ1) is 13.0. The summed E-state index contributed by atoms with van der Waals surface area (Å²) in [5.74, 6) is -0.0666. The predicted octanol–water partition coefficient (Wildman–Crippen LogP) is 2.55. The van der Waals surface area contributed by atoms with Gasteiger partial charge in [-0.2, -0.15) is 8.78 Å². The monoisotopic (exact) mass is 375 g/mol. The lowest BCUT2D eigenvalue weighted by atomic mass is 10.1. The molecule has 0 radical (unpaired) electrons. The quantitative estimate of drug-likeness (QED) is 0.781. The summed E-state index contributed by atoms with van der Waals surface area (Å²) in [5.41, 5.74) is 7.63. The highest BCUT2D eigenvalue weighted by Gasteiger charge is 2.27. The number of halogens is 2. The average Bonchev–Trinajstić information content (AvgIpc) is 3.10. The topological polar surface area (TPSA) is 67.6 Å². The number of hydrogen-bond acceptors (Lipinski definition) is 4. The number of hydrogen-bond donors (Lipinski definition) is 2. The molecule has 144 valence electrons. The number of nitrogens with one attached hydrogen (secondary N) is 1.